The highest BCUT2D eigenvalue weighted by Crippen LogP contribution is 2.22. The molecule has 0 atom stereocenters. The minimum absolute atomic E-state index is 0.276. The Morgan fingerprint density at radius 2 is 2.31 bits per heavy atom. The Morgan fingerprint density at radius 1 is 1.50 bits per heavy atom. The van der Waals surface area contributed by atoms with Crippen molar-refractivity contribution in [3.8, 4) is 0 Å². The Morgan fingerprint density at radius 3 is 2.94 bits per heavy atom. The van der Waals surface area contributed by atoms with Gasteiger partial charge in [-0.1, -0.05) is 16.1 Å². The third kappa shape index (κ3) is 2.29. The summed E-state index contributed by atoms with van der Waals surface area (Å²) in [4.78, 5) is 11.6. The van der Waals surface area contributed by atoms with Crippen LogP contribution < -0.4 is 11.1 Å². The van der Waals surface area contributed by atoms with Crippen molar-refractivity contribution in [3.05, 3.63) is 34.3 Å². The summed E-state index contributed by atoms with van der Waals surface area (Å²) in [7, 11) is 0. The number of nitrogens with two attached hydrogens (primary N) is 1. The number of carbonyl (C=O) groups excluding carboxylic acids is 1. The van der Waals surface area contributed by atoms with Crippen molar-refractivity contribution < 1.29 is 4.79 Å². The largest absolute Gasteiger partial charge is 0.397 e. The Hall–Kier alpha value is -1.66. The van der Waals surface area contributed by atoms with E-state index in [9.17, 15) is 4.79 Å². The molecule has 16 heavy (non-hydrogen) atoms. The summed E-state index contributed by atoms with van der Waals surface area (Å²) in [5.41, 5.74) is 6.86. The van der Waals surface area contributed by atoms with Gasteiger partial charge in [-0.05, 0) is 29.7 Å². The smallest absolute Gasteiger partial charge is 0.277 e. The molecule has 0 saturated carbocycles. The molecule has 82 valence electrons. The fraction of sp³-hybridized carbons (Fsp3) is 0. The average Bonchev–Trinajstić information content (AvgIpc) is 2.77. The van der Waals surface area contributed by atoms with Gasteiger partial charge in [-0.2, -0.15) is 0 Å². The lowest BCUT2D eigenvalue weighted by atomic mass is 10.2. The highest BCUT2D eigenvalue weighted by Gasteiger charge is 2.09. The van der Waals surface area contributed by atoms with E-state index < -0.39 is 0 Å². The Balaban J connectivity index is 2.15. The summed E-state index contributed by atoms with van der Waals surface area (Å²) in [5.74, 6) is -0.324. The van der Waals surface area contributed by atoms with Crippen molar-refractivity contribution in [2.24, 2.45) is 0 Å². The first-order valence-corrected chi connectivity index (χ1v) is 5.51. The quantitative estimate of drug-likeness (QED) is 0.804. The molecule has 0 aliphatic heterocycles. The first kappa shape index (κ1) is 10.8. The van der Waals surface area contributed by atoms with Crippen LogP contribution in [0, 0.1) is 0 Å². The molecule has 1 aromatic carbocycles. The van der Waals surface area contributed by atoms with Crippen molar-refractivity contribution in [1.29, 1.82) is 0 Å². The summed E-state index contributed by atoms with van der Waals surface area (Å²) in [5, 5.41) is 8.31. The normalized spacial score (nSPS) is 10.1. The van der Waals surface area contributed by atoms with E-state index in [-0.39, 0.29) is 11.6 Å². The molecule has 7 heteroatoms. The monoisotopic (exact) mass is 254 g/mol. The number of nitrogen functional groups attached to an aromatic ring is 1. The fourth-order valence-electron chi connectivity index (χ4n) is 1.08. The number of nitrogens with one attached hydrogen (secondary N) is 1. The van der Waals surface area contributed by atoms with E-state index in [1.807, 2.05) is 0 Å². The highest BCUT2D eigenvalue weighted by molar-refractivity contribution is 7.03. The lowest BCUT2D eigenvalue weighted by Gasteiger charge is -2.04. The Labute approximate surface area is 100 Å². The lowest BCUT2D eigenvalue weighted by Crippen LogP contribution is -2.12. The maximum atomic E-state index is 11.6. The van der Waals surface area contributed by atoms with Crippen LogP contribution in [-0.4, -0.2) is 15.5 Å². The van der Waals surface area contributed by atoms with E-state index in [2.05, 4.69) is 14.9 Å². The summed E-state index contributed by atoms with van der Waals surface area (Å²) in [6.45, 7) is 0. The number of rotatable bonds is 2. The summed E-state index contributed by atoms with van der Waals surface area (Å²) in [6, 6.07) is 4.86. The number of carbonyl (C=O) groups is 1. The van der Waals surface area contributed by atoms with Gasteiger partial charge < -0.3 is 11.1 Å². The van der Waals surface area contributed by atoms with E-state index in [0.717, 1.165) is 11.5 Å². The molecule has 1 aromatic heterocycles. The molecule has 0 bridgehead atoms. The van der Waals surface area contributed by atoms with Crippen molar-refractivity contribution in [2.45, 2.75) is 0 Å². The van der Waals surface area contributed by atoms with Crippen LogP contribution in [0.4, 0.5) is 11.4 Å². The molecular formula is C9H7ClN4OS. The van der Waals surface area contributed by atoms with Crippen LogP contribution in [0.15, 0.2) is 23.6 Å². The minimum Gasteiger partial charge on any atom is -0.397 e. The molecule has 3 N–H and O–H groups in total. The van der Waals surface area contributed by atoms with Crippen LogP contribution >= 0.6 is 23.1 Å². The van der Waals surface area contributed by atoms with Gasteiger partial charge in [0.15, 0.2) is 5.69 Å². The van der Waals surface area contributed by atoms with Gasteiger partial charge in [-0.15, -0.1) is 5.10 Å². The first-order chi connectivity index (χ1) is 7.66. The molecule has 2 rings (SSSR count). The molecule has 0 spiro atoms. The molecule has 1 heterocycles. The number of benzene rings is 1. The Kier molecular flexibility index (Phi) is 3.02. The van der Waals surface area contributed by atoms with Gasteiger partial charge in [-0.3, -0.25) is 4.79 Å². The van der Waals surface area contributed by atoms with Crippen LogP contribution in [0.1, 0.15) is 10.5 Å². The van der Waals surface area contributed by atoms with Crippen molar-refractivity contribution in [2.75, 3.05) is 11.1 Å². The van der Waals surface area contributed by atoms with Crippen LogP contribution in [0.25, 0.3) is 0 Å². The predicted molar refractivity (Wildman–Crippen MR) is 63.7 cm³/mol. The number of hydrogen-bond acceptors (Lipinski definition) is 5. The van der Waals surface area contributed by atoms with Gasteiger partial charge in [0.25, 0.3) is 5.91 Å². The molecule has 2 aromatic rings. The van der Waals surface area contributed by atoms with E-state index in [4.69, 9.17) is 17.3 Å². The van der Waals surface area contributed by atoms with Crippen LogP contribution in [-0.2, 0) is 0 Å². The van der Waals surface area contributed by atoms with Gasteiger partial charge in [0.05, 0.1) is 10.7 Å². The zero-order valence-electron chi connectivity index (χ0n) is 7.98. The highest BCUT2D eigenvalue weighted by atomic mass is 35.5. The third-order valence-corrected chi connectivity index (χ3v) is 2.70. The molecule has 1 amide bonds. The molecular weight excluding hydrogens is 248 g/mol. The van der Waals surface area contributed by atoms with Crippen LogP contribution in [0.2, 0.25) is 5.02 Å². The average molecular weight is 255 g/mol. The zero-order valence-corrected chi connectivity index (χ0v) is 9.55. The molecule has 5 nitrogen and oxygen atoms in total. The first-order valence-electron chi connectivity index (χ1n) is 4.30. The van der Waals surface area contributed by atoms with Gasteiger partial charge in [0.2, 0.25) is 0 Å². The summed E-state index contributed by atoms with van der Waals surface area (Å²) < 4.78 is 3.60. The SMILES string of the molecule is Nc1cc(NC(=O)c2csnn2)ccc1Cl. The summed E-state index contributed by atoms with van der Waals surface area (Å²) in [6.07, 6.45) is 0. The van der Waals surface area contributed by atoms with E-state index in [1.165, 1.54) is 0 Å². The van der Waals surface area contributed by atoms with Crippen LogP contribution in [0.5, 0.6) is 0 Å². The molecule has 0 saturated heterocycles. The molecule has 0 aliphatic carbocycles. The van der Waals surface area contributed by atoms with Gasteiger partial charge in [-0.25, -0.2) is 0 Å². The molecule has 0 unspecified atom stereocenters. The van der Waals surface area contributed by atoms with Gasteiger partial charge in [0, 0.05) is 11.1 Å². The van der Waals surface area contributed by atoms with Gasteiger partial charge in [0.1, 0.15) is 0 Å². The van der Waals surface area contributed by atoms with Crippen molar-refractivity contribution in [1.82, 2.24) is 9.59 Å². The standard InChI is InChI=1S/C9H7ClN4OS/c10-6-2-1-5(3-7(6)11)12-9(15)8-4-16-14-13-8/h1-4H,11H2,(H,12,15). The number of nitrogens with zero attached hydrogens (tertiary/aromatic N) is 2. The number of anilines is 2. The number of aromatic nitrogens is 2. The summed E-state index contributed by atoms with van der Waals surface area (Å²) >= 11 is 6.87. The van der Waals surface area contributed by atoms with Crippen LogP contribution in [0.3, 0.4) is 0 Å². The lowest BCUT2D eigenvalue weighted by molar-refractivity contribution is 0.102. The molecule has 0 fully saturated rings. The topological polar surface area (TPSA) is 80.9 Å². The van der Waals surface area contributed by atoms with E-state index >= 15 is 0 Å². The Bertz CT molecular complexity index is 514. The van der Waals surface area contributed by atoms with Crippen molar-refractivity contribution >= 4 is 40.4 Å². The number of hydrogen-bond donors (Lipinski definition) is 2. The second kappa shape index (κ2) is 4.46. The minimum atomic E-state index is -0.324. The van der Waals surface area contributed by atoms with Gasteiger partial charge >= 0.3 is 0 Å². The molecule has 0 aliphatic rings. The maximum Gasteiger partial charge on any atom is 0.277 e. The van der Waals surface area contributed by atoms with E-state index in [0.29, 0.717) is 16.4 Å². The fourth-order valence-corrected chi connectivity index (χ4v) is 1.63. The van der Waals surface area contributed by atoms with E-state index in [1.54, 1.807) is 23.6 Å². The molecule has 0 radical (unpaired) electrons. The number of amides is 1. The zero-order chi connectivity index (χ0) is 11.5. The van der Waals surface area contributed by atoms with Crippen molar-refractivity contribution in [3.63, 3.8) is 0 Å². The third-order valence-electron chi connectivity index (χ3n) is 1.85. The predicted octanol–water partition coefficient (Wildman–Crippen LogP) is 2.03. The maximum absolute atomic E-state index is 11.6. The number of halogens is 1. The second-order valence-electron chi connectivity index (χ2n) is 2.98. The second-order valence-corrected chi connectivity index (χ2v) is 4.00.